The van der Waals surface area contributed by atoms with E-state index in [0.29, 0.717) is 6.54 Å². The largest absolute Gasteiger partial charge is 0.392 e. The Morgan fingerprint density at radius 2 is 2.27 bits per heavy atom. The number of aliphatic hydroxyl groups excluding tert-OH is 1. The summed E-state index contributed by atoms with van der Waals surface area (Å²) in [6.45, 7) is 8.60. The molecule has 3 nitrogen and oxygen atoms in total. The maximum absolute atomic E-state index is 9.53. The van der Waals surface area contributed by atoms with Crippen molar-refractivity contribution in [2.24, 2.45) is 0 Å². The predicted molar refractivity (Wildman–Crippen MR) is 64.1 cm³/mol. The van der Waals surface area contributed by atoms with E-state index in [9.17, 15) is 5.11 Å². The van der Waals surface area contributed by atoms with Crippen LogP contribution in [0.3, 0.4) is 0 Å². The molecule has 0 fully saturated rings. The lowest BCUT2D eigenvalue weighted by molar-refractivity contribution is 0.0954. The second-order valence-corrected chi connectivity index (χ2v) is 5.28. The monoisotopic (exact) mass is 228 g/mol. The molecule has 0 aliphatic heterocycles. The minimum absolute atomic E-state index is 0.268. The lowest BCUT2D eigenvalue weighted by Gasteiger charge is -2.29. The van der Waals surface area contributed by atoms with Gasteiger partial charge in [-0.1, -0.05) is 6.92 Å². The third-order valence-corrected chi connectivity index (χ3v) is 3.71. The van der Waals surface area contributed by atoms with Crippen LogP contribution in [0.5, 0.6) is 0 Å². The Morgan fingerprint density at radius 1 is 1.60 bits per heavy atom. The van der Waals surface area contributed by atoms with E-state index in [2.05, 4.69) is 22.6 Å². The number of hydrogen-bond acceptors (Lipinski definition) is 4. The van der Waals surface area contributed by atoms with Crippen molar-refractivity contribution in [1.29, 1.82) is 0 Å². The van der Waals surface area contributed by atoms with Crippen molar-refractivity contribution < 1.29 is 5.11 Å². The van der Waals surface area contributed by atoms with Gasteiger partial charge in [0.05, 0.1) is 16.8 Å². The van der Waals surface area contributed by atoms with Gasteiger partial charge in [0.1, 0.15) is 0 Å². The van der Waals surface area contributed by atoms with Gasteiger partial charge in [-0.05, 0) is 27.2 Å². The molecule has 0 aromatic carbocycles. The van der Waals surface area contributed by atoms with Crippen molar-refractivity contribution in [3.05, 3.63) is 16.1 Å². The predicted octanol–water partition coefficient (Wildman–Crippen LogP) is 1.95. The van der Waals surface area contributed by atoms with Crippen molar-refractivity contribution in [2.75, 3.05) is 0 Å². The molecule has 1 atom stereocenters. The van der Waals surface area contributed by atoms with E-state index in [4.69, 9.17) is 0 Å². The first-order valence-electron chi connectivity index (χ1n) is 5.32. The maximum Gasteiger partial charge on any atom is 0.0926 e. The molecule has 0 amide bonds. The summed E-state index contributed by atoms with van der Waals surface area (Å²) in [5.74, 6) is 0. The topological polar surface area (TPSA) is 45.2 Å². The molecular formula is C11H20N2OS. The van der Waals surface area contributed by atoms with E-state index in [1.165, 1.54) is 5.01 Å². The van der Waals surface area contributed by atoms with Crippen LogP contribution in [-0.4, -0.2) is 21.7 Å². The molecular weight excluding hydrogens is 208 g/mol. The van der Waals surface area contributed by atoms with Gasteiger partial charge in [-0.2, -0.15) is 0 Å². The molecule has 15 heavy (non-hydrogen) atoms. The van der Waals surface area contributed by atoms with E-state index in [0.717, 1.165) is 12.1 Å². The van der Waals surface area contributed by atoms with Crippen molar-refractivity contribution >= 4 is 11.3 Å². The zero-order valence-corrected chi connectivity index (χ0v) is 10.7. The van der Waals surface area contributed by atoms with Crippen LogP contribution >= 0.6 is 11.3 Å². The first-order chi connectivity index (χ1) is 6.95. The Bertz CT molecular complexity index is 307. The van der Waals surface area contributed by atoms with Gasteiger partial charge in [0.25, 0.3) is 0 Å². The first-order valence-corrected chi connectivity index (χ1v) is 6.20. The highest BCUT2D eigenvalue weighted by Gasteiger charge is 2.23. The number of nitrogens with zero attached hydrogens (tertiary/aromatic N) is 1. The zero-order valence-electron chi connectivity index (χ0n) is 9.87. The van der Waals surface area contributed by atoms with Gasteiger partial charge < -0.3 is 10.4 Å². The van der Waals surface area contributed by atoms with E-state index >= 15 is 0 Å². The highest BCUT2D eigenvalue weighted by atomic mass is 32.1. The summed E-state index contributed by atoms with van der Waals surface area (Å²) in [6.07, 6.45) is 0.617. The van der Waals surface area contributed by atoms with Gasteiger partial charge in [-0.3, -0.25) is 0 Å². The van der Waals surface area contributed by atoms with Crippen LogP contribution in [0.15, 0.2) is 5.38 Å². The average molecular weight is 228 g/mol. The number of aliphatic hydroxyl groups is 1. The van der Waals surface area contributed by atoms with E-state index < -0.39 is 0 Å². The molecule has 1 aromatic rings. The summed E-state index contributed by atoms with van der Waals surface area (Å²) in [6, 6.07) is 0. The third-order valence-electron chi connectivity index (χ3n) is 2.67. The molecule has 0 spiro atoms. The molecule has 1 rings (SSSR count). The molecule has 1 aromatic heterocycles. The molecule has 0 saturated carbocycles. The van der Waals surface area contributed by atoms with Gasteiger partial charge in [0, 0.05) is 17.5 Å². The van der Waals surface area contributed by atoms with E-state index in [1.54, 1.807) is 18.3 Å². The van der Waals surface area contributed by atoms with Crippen LogP contribution in [-0.2, 0) is 13.0 Å². The minimum Gasteiger partial charge on any atom is -0.392 e. The molecule has 0 saturated heterocycles. The van der Waals surface area contributed by atoms with E-state index in [1.807, 2.05) is 13.8 Å². The van der Waals surface area contributed by atoms with Gasteiger partial charge in [-0.25, -0.2) is 4.98 Å². The second-order valence-electron chi connectivity index (χ2n) is 4.34. The number of nitrogens with one attached hydrogen (secondary N) is 1. The summed E-state index contributed by atoms with van der Waals surface area (Å²) < 4.78 is 0. The number of hydrogen-bond donors (Lipinski definition) is 2. The average Bonchev–Trinajstić information content (AvgIpc) is 2.62. The molecule has 0 bridgehead atoms. The van der Waals surface area contributed by atoms with Crippen LogP contribution < -0.4 is 5.32 Å². The van der Waals surface area contributed by atoms with Crippen LogP contribution in [0.4, 0.5) is 0 Å². The Balaban J connectivity index is 2.50. The van der Waals surface area contributed by atoms with Gasteiger partial charge in [-0.15, -0.1) is 11.3 Å². The van der Waals surface area contributed by atoms with Crippen LogP contribution in [0.2, 0.25) is 0 Å². The van der Waals surface area contributed by atoms with Crippen molar-refractivity contribution in [2.45, 2.75) is 52.3 Å². The summed E-state index contributed by atoms with van der Waals surface area (Å²) >= 11 is 1.69. The third kappa shape index (κ3) is 3.55. The molecule has 0 radical (unpaired) electrons. The van der Waals surface area contributed by atoms with Crippen LogP contribution in [0.25, 0.3) is 0 Å². The zero-order chi connectivity index (χ0) is 11.5. The number of thiazole rings is 1. The molecule has 0 aliphatic rings. The lowest BCUT2D eigenvalue weighted by Crippen LogP contribution is -2.47. The first kappa shape index (κ1) is 12.6. The molecule has 4 heteroatoms. The normalized spacial score (nSPS) is 14.2. The summed E-state index contributed by atoms with van der Waals surface area (Å²) in [5.41, 5.74) is 0.793. The fourth-order valence-electron chi connectivity index (χ4n) is 1.06. The number of aryl methyl sites for hydroxylation is 1. The second kappa shape index (κ2) is 5.05. The Morgan fingerprint density at radius 3 is 2.73 bits per heavy atom. The minimum atomic E-state index is -0.373. The van der Waals surface area contributed by atoms with E-state index in [-0.39, 0.29) is 11.6 Å². The highest BCUT2D eigenvalue weighted by Crippen LogP contribution is 2.13. The SMILES string of the molecule is CCc1nc(CNC(C)(C)C(C)O)cs1. The Labute approximate surface area is 95.6 Å². The highest BCUT2D eigenvalue weighted by molar-refractivity contribution is 7.09. The fraction of sp³-hybridized carbons (Fsp3) is 0.727. The van der Waals surface area contributed by atoms with Gasteiger partial charge >= 0.3 is 0 Å². The van der Waals surface area contributed by atoms with Crippen molar-refractivity contribution in [3.63, 3.8) is 0 Å². The molecule has 86 valence electrons. The standard InChI is InChI=1S/C11H20N2OS/c1-5-10-13-9(7-15-10)6-12-11(3,4)8(2)14/h7-8,12,14H,5-6H2,1-4H3. The number of rotatable bonds is 5. The molecule has 2 N–H and O–H groups in total. The van der Waals surface area contributed by atoms with Crippen molar-refractivity contribution in [1.82, 2.24) is 10.3 Å². The fourth-order valence-corrected chi connectivity index (χ4v) is 1.80. The summed E-state index contributed by atoms with van der Waals surface area (Å²) in [4.78, 5) is 4.47. The smallest absolute Gasteiger partial charge is 0.0926 e. The molecule has 1 heterocycles. The van der Waals surface area contributed by atoms with Crippen LogP contribution in [0, 0.1) is 0 Å². The molecule has 0 aliphatic carbocycles. The summed E-state index contributed by atoms with van der Waals surface area (Å²) in [7, 11) is 0. The Hall–Kier alpha value is -0.450. The maximum atomic E-state index is 9.53. The lowest BCUT2D eigenvalue weighted by atomic mass is 9.99. The Kier molecular flexibility index (Phi) is 4.25. The van der Waals surface area contributed by atoms with Gasteiger partial charge in [0.2, 0.25) is 0 Å². The summed E-state index contributed by atoms with van der Waals surface area (Å²) in [5, 5.41) is 16.1. The quantitative estimate of drug-likeness (QED) is 0.809. The molecule has 1 unspecified atom stereocenters. The van der Waals surface area contributed by atoms with Crippen molar-refractivity contribution in [3.8, 4) is 0 Å². The number of aromatic nitrogens is 1. The van der Waals surface area contributed by atoms with Gasteiger partial charge in [0.15, 0.2) is 0 Å². The van der Waals surface area contributed by atoms with Crippen LogP contribution in [0.1, 0.15) is 38.4 Å².